The van der Waals surface area contributed by atoms with Crippen molar-refractivity contribution in [3.05, 3.63) is 33.8 Å². The standard InChI is InChI=1S/C14H18Cl2N2O/c1-3-5-11(6-4-2)17-18-14(19)10-7-8-12(15)13(16)9-10/h7-9H,3-6H2,1-2H3,(H,18,19). The van der Waals surface area contributed by atoms with Crippen molar-refractivity contribution in [2.75, 3.05) is 0 Å². The second-order valence-electron chi connectivity index (χ2n) is 4.25. The van der Waals surface area contributed by atoms with E-state index in [-0.39, 0.29) is 5.91 Å². The van der Waals surface area contributed by atoms with Crippen LogP contribution in [0.3, 0.4) is 0 Å². The monoisotopic (exact) mass is 300 g/mol. The molecule has 0 radical (unpaired) electrons. The van der Waals surface area contributed by atoms with Gasteiger partial charge in [-0.3, -0.25) is 4.79 Å². The van der Waals surface area contributed by atoms with Crippen LogP contribution in [0.5, 0.6) is 0 Å². The lowest BCUT2D eigenvalue weighted by atomic mass is 10.1. The van der Waals surface area contributed by atoms with Crippen LogP contribution >= 0.6 is 23.2 Å². The third-order valence-electron chi connectivity index (χ3n) is 2.57. The molecular formula is C14H18Cl2N2O. The van der Waals surface area contributed by atoms with E-state index in [4.69, 9.17) is 23.2 Å². The highest BCUT2D eigenvalue weighted by atomic mass is 35.5. The smallest absolute Gasteiger partial charge is 0.267 e. The number of hydrogen-bond acceptors (Lipinski definition) is 2. The largest absolute Gasteiger partial charge is 0.271 e. The number of rotatable bonds is 6. The van der Waals surface area contributed by atoms with Gasteiger partial charge in [-0.1, -0.05) is 49.9 Å². The van der Waals surface area contributed by atoms with Gasteiger partial charge in [0.15, 0.2) is 0 Å². The van der Waals surface area contributed by atoms with Gasteiger partial charge in [-0.2, -0.15) is 5.10 Å². The van der Waals surface area contributed by atoms with E-state index >= 15 is 0 Å². The Bertz CT molecular complexity index is 465. The minimum absolute atomic E-state index is 0.275. The molecule has 0 aliphatic rings. The molecule has 0 atom stereocenters. The average Bonchev–Trinajstić information content (AvgIpc) is 2.39. The van der Waals surface area contributed by atoms with E-state index in [1.807, 2.05) is 0 Å². The molecule has 0 aliphatic carbocycles. The number of carbonyl (C=O) groups excluding carboxylic acids is 1. The molecule has 5 heteroatoms. The maximum absolute atomic E-state index is 11.9. The van der Waals surface area contributed by atoms with Gasteiger partial charge in [0, 0.05) is 11.3 Å². The van der Waals surface area contributed by atoms with E-state index < -0.39 is 0 Å². The molecule has 0 spiro atoms. The van der Waals surface area contributed by atoms with Crippen molar-refractivity contribution in [3.8, 4) is 0 Å². The highest BCUT2D eigenvalue weighted by molar-refractivity contribution is 6.42. The van der Waals surface area contributed by atoms with Gasteiger partial charge in [-0.15, -0.1) is 0 Å². The summed E-state index contributed by atoms with van der Waals surface area (Å²) in [4.78, 5) is 11.9. The first-order valence-corrected chi connectivity index (χ1v) is 7.14. The average molecular weight is 301 g/mol. The molecule has 1 aromatic rings. The molecule has 0 unspecified atom stereocenters. The summed E-state index contributed by atoms with van der Waals surface area (Å²) in [7, 11) is 0. The number of carbonyl (C=O) groups is 1. The Morgan fingerprint density at radius 1 is 1.16 bits per heavy atom. The molecule has 3 nitrogen and oxygen atoms in total. The van der Waals surface area contributed by atoms with Crippen molar-refractivity contribution in [1.29, 1.82) is 0 Å². The van der Waals surface area contributed by atoms with Crippen LogP contribution in [0.15, 0.2) is 23.3 Å². The zero-order valence-electron chi connectivity index (χ0n) is 11.2. The maximum Gasteiger partial charge on any atom is 0.271 e. The molecule has 104 valence electrons. The van der Waals surface area contributed by atoms with E-state index in [1.54, 1.807) is 12.1 Å². The molecule has 1 rings (SSSR count). The molecule has 0 heterocycles. The van der Waals surface area contributed by atoms with Crippen LogP contribution in [-0.4, -0.2) is 11.6 Å². The van der Waals surface area contributed by atoms with Crippen LogP contribution in [0.25, 0.3) is 0 Å². The summed E-state index contributed by atoms with van der Waals surface area (Å²) < 4.78 is 0. The van der Waals surface area contributed by atoms with Crippen molar-refractivity contribution < 1.29 is 4.79 Å². The summed E-state index contributed by atoms with van der Waals surface area (Å²) in [5.41, 5.74) is 4.02. The predicted octanol–water partition coefficient (Wildman–Crippen LogP) is 4.68. The predicted molar refractivity (Wildman–Crippen MR) is 81.2 cm³/mol. The van der Waals surface area contributed by atoms with Crippen LogP contribution in [0, 0.1) is 0 Å². The number of halogens is 2. The van der Waals surface area contributed by atoms with Crippen LogP contribution in [-0.2, 0) is 0 Å². The zero-order valence-corrected chi connectivity index (χ0v) is 12.7. The van der Waals surface area contributed by atoms with Gasteiger partial charge in [0.25, 0.3) is 5.91 Å². The molecule has 0 saturated carbocycles. The van der Waals surface area contributed by atoms with Crippen molar-refractivity contribution >= 4 is 34.8 Å². The molecule has 19 heavy (non-hydrogen) atoms. The Labute approximate surface area is 124 Å². The van der Waals surface area contributed by atoms with Crippen LogP contribution in [0.4, 0.5) is 0 Å². The summed E-state index contributed by atoms with van der Waals surface area (Å²) in [6, 6.07) is 4.76. The fourth-order valence-electron chi connectivity index (χ4n) is 1.65. The van der Waals surface area contributed by atoms with Crippen LogP contribution in [0.1, 0.15) is 49.9 Å². The number of benzene rings is 1. The molecule has 0 aromatic heterocycles. The van der Waals surface area contributed by atoms with Gasteiger partial charge in [0.1, 0.15) is 0 Å². The molecule has 1 amide bonds. The Morgan fingerprint density at radius 3 is 2.32 bits per heavy atom. The SMILES string of the molecule is CCCC(CCC)=NNC(=O)c1ccc(Cl)c(Cl)c1. The first-order valence-electron chi connectivity index (χ1n) is 6.39. The summed E-state index contributed by atoms with van der Waals surface area (Å²) in [6.45, 7) is 4.18. The van der Waals surface area contributed by atoms with Gasteiger partial charge in [-0.05, 0) is 31.0 Å². The molecule has 0 aliphatic heterocycles. The summed E-state index contributed by atoms with van der Waals surface area (Å²) >= 11 is 11.7. The second kappa shape index (κ2) is 8.18. The zero-order chi connectivity index (χ0) is 14.3. The van der Waals surface area contributed by atoms with E-state index in [1.165, 1.54) is 6.07 Å². The van der Waals surface area contributed by atoms with E-state index in [0.717, 1.165) is 31.4 Å². The molecule has 1 aromatic carbocycles. The van der Waals surface area contributed by atoms with E-state index in [9.17, 15) is 4.79 Å². The fraction of sp³-hybridized carbons (Fsp3) is 0.429. The van der Waals surface area contributed by atoms with Gasteiger partial charge in [-0.25, -0.2) is 5.43 Å². The summed E-state index contributed by atoms with van der Waals surface area (Å²) in [6.07, 6.45) is 3.83. The third kappa shape index (κ3) is 5.21. The van der Waals surface area contributed by atoms with Crippen molar-refractivity contribution in [2.24, 2.45) is 5.10 Å². The number of amides is 1. The van der Waals surface area contributed by atoms with Crippen LogP contribution in [0.2, 0.25) is 10.0 Å². The lowest BCUT2D eigenvalue weighted by Gasteiger charge is -2.05. The summed E-state index contributed by atoms with van der Waals surface area (Å²) in [5, 5.41) is 4.96. The normalized spacial score (nSPS) is 10.1. The Hall–Kier alpha value is -1.06. The number of nitrogens with one attached hydrogen (secondary N) is 1. The lowest BCUT2D eigenvalue weighted by molar-refractivity contribution is 0.0954. The maximum atomic E-state index is 11.9. The fourth-order valence-corrected chi connectivity index (χ4v) is 1.94. The Kier molecular flexibility index (Phi) is 6.89. The molecule has 0 saturated heterocycles. The van der Waals surface area contributed by atoms with Crippen molar-refractivity contribution in [3.63, 3.8) is 0 Å². The minimum atomic E-state index is -0.275. The lowest BCUT2D eigenvalue weighted by Crippen LogP contribution is -2.19. The summed E-state index contributed by atoms with van der Waals surface area (Å²) in [5.74, 6) is -0.275. The molecule has 1 N–H and O–H groups in total. The van der Waals surface area contributed by atoms with E-state index in [2.05, 4.69) is 24.4 Å². The Morgan fingerprint density at radius 2 is 1.79 bits per heavy atom. The second-order valence-corrected chi connectivity index (χ2v) is 5.06. The quantitative estimate of drug-likeness (QED) is 0.601. The number of hydrazone groups is 1. The molecule has 0 bridgehead atoms. The molecule has 0 fully saturated rings. The number of nitrogens with zero attached hydrogens (tertiary/aromatic N) is 1. The Balaban J connectivity index is 2.72. The van der Waals surface area contributed by atoms with E-state index in [0.29, 0.717) is 15.6 Å². The topological polar surface area (TPSA) is 41.5 Å². The van der Waals surface area contributed by atoms with Gasteiger partial charge in [0.05, 0.1) is 10.0 Å². The minimum Gasteiger partial charge on any atom is -0.267 e. The first kappa shape index (κ1) is 16.0. The van der Waals surface area contributed by atoms with Crippen molar-refractivity contribution in [2.45, 2.75) is 39.5 Å². The first-order chi connectivity index (χ1) is 9.08. The van der Waals surface area contributed by atoms with Gasteiger partial charge >= 0.3 is 0 Å². The third-order valence-corrected chi connectivity index (χ3v) is 3.31. The van der Waals surface area contributed by atoms with Crippen LogP contribution < -0.4 is 5.43 Å². The highest BCUT2D eigenvalue weighted by Crippen LogP contribution is 2.22. The highest BCUT2D eigenvalue weighted by Gasteiger charge is 2.07. The number of hydrogen-bond donors (Lipinski definition) is 1. The van der Waals surface area contributed by atoms with Crippen molar-refractivity contribution in [1.82, 2.24) is 5.43 Å². The van der Waals surface area contributed by atoms with Gasteiger partial charge < -0.3 is 0 Å². The van der Waals surface area contributed by atoms with Gasteiger partial charge in [0.2, 0.25) is 0 Å². The molecular weight excluding hydrogens is 283 g/mol.